The molecule has 0 unspecified atom stereocenters. The van der Waals surface area contributed by atoms with Crippen molar-refractivity contribution in [3.05, 3.63) is 29.8 Å². The Balaban J connectivity index is 2.05. The normalized spacial score (nSPS) is 18.3. The van der Waals surface area contributed by atoms with Crippen LogP contribution in [0, 0.1) is 12.3 Å². The summed E-state index contributed by atoms with van der Waals surface area (Å²) in [5.74, 6) is 0. The van der Waals surface area contributed by atoms with E-state index in [4.69, 9.17) is 5.73 Å². The number of sulfonamides is 1. The second-order valence-electron chi connectivity index (χ2n) is 5.20. The van der Waals surface area contributed by atoms with Crippen LogP contribution in [0.4, 0.5) is 0 Å². The van der Waals surface area contributed by atoms with Gasteiger partial charge in [-0.3, -0.25) is 0 Å². The Bertz CT molecular complexity index is 499. The van der Waals surface area contributed by atoms with E-state index < -0.39 is 10.0 Å². The Morgan fingerprint density at radius 3 is 2.33 bits per heavy atom. The van der Waals surface area contributed by atoms with Crippen molar-refractivity contribution in [1.29, 1.82) is 0 Å². The molecule has 0 spiro atoms. The molecule has 5 heteroatoms. The van der Waals surface area contributed by atoms with Crippen LogP contribution in [0.3, 0.4) is 0 Å². The van der Waals surface area contributed by atoms with Gasteiger partial charge in [0.2, 0.25) is 10.0 Å². The highest BCUT2D eigenvalue weighted by Gasteiger charge is 2.36. The average molecular weight is 268 g/mol. The Morgan fingerprint density at radius 2 is 1.89 bits per heavy atom. The lowest BCUT2D eigenvalue weighted by molar-refractivity contribution is 0.150. The zero-order valence-electron chi connectivity index (χ0n) is 10.6. The second-order valence-corrected chi connectivity index (χ2v) is 6.96. The molecule has 4 nitrogen and oxygen atoms in total. The van der Waals surface area contributed by atoms with Crippen molar-refractivity contribution in [2.45, 2.75) is 31.1 Å². The summed E-state index contributed by atoms with van der Waals surface area (Å²) >= 11 is 0. The minimum Gasteiger partial charge on any atom is -0.330 e. The highest BCUT2D eigenvalue weighted by Crippen LogP contribution is 2.39. The summed E-state index contributed by atoms with van der Waals surface area (Å²) in [7, 11) is -3.40. The molecule has 1 aliphatic rings. The number of aryl methyl sites for hydroxylation is 1. The van der Waals surface area contributed by atoms with Gasteiger partial charge in [-0.25, -0.2) is 13.1 Å². The maximum atomic E-state index is 12.1. The minimum atomic E-state index is -3.40. The Hall–Kier alpha value is -0.910. The quantitative estimate of drug-likeness (QED) is 0.848. The smallest absolute Gasteiger partial charge is 0.240 e. The summed E-state index contributed by atoms with van der Waals surface area (Å²) in [6.45, 7) is 2.92. The van der Waals surface area contributed by atoms with Crippen LogP contribution in [0.1, 0.15) is 24.8 Å². The van der Waals surface area contributed by atoms with Crippen LogP contribution in [0.5, 0.6) is 0 Å². The van der Waals surface area contributed by atoms with Crippen molar-refractivity contribution < 1.29 is 8.42 Å². The first kappa shape index (κ1) is 13.5. The molecule has 1 fully saturated rings. The molecule has 0 bridgehead atoms. The van der Waals surface area contributed by atoms with Crippen molar-refractivity contribution >= 4 is 10.0 Å². The molecule has 0 radical (unpaired) electrons. The number of nitrogens with two attached hydrogens (primary N) is 1. The molecule has 0 aliphatic heterocycles. The molecule has 0 atom stereocenters. The average Bonchev–Trinajstić information content (AvgIpc) is 2.29. The molecule has 0 saturated heterocycles. The number of hydrogen-bond donors (Lipinski definition) is 2. The Kier molecular flexibility index (Phi) is 3.75. The van der Waals surface area contributed by atoms with Gasteiger partial charge in [-0.15, -0.1) is 0 Å². The van der Waals surface area contributed by atoms with Gasteiger partial charge in [-0.05, 0) is 43.9 Å². The highest BCUT2D eigenvalue weighted by atomic mass is 32.2. The zero-order chi connectivity index (χ0) is 13.2. The molecule has 1 aromatic rings. The summed E-state index contributed by atoms with van der Waals surface area (Å²) in [5.41, 5.74) is 6.75. The lowest BCUT2D eigenvalue weighted by Crippen LogP contribution is -2.46. The maximum Gasteiger partial charge on any atom is 0.240 e. The molecule has 18 heavy (non-hydrogen) atoms. The summed E-state index contributed by atoms with van der Waals surface area (Å²) in [4.78, 5) is 0.319. The van der Waals surface area contributed by atoms with Crippen LogP contribution >= 0.6 is 0 Å². The zero-order valence-corrected chi connectivity index (χ0v) is 11.5. The molecule has 1 aromatic carbocycles. The minimum absolute atomic E-state index is 0.0161. The molecule has 100 valence electrons. The molecule has 0 aromatic heterocycles. The van der Waals surface area contributed by atoms with Crippen LogP contribution in [0.15, 0.2) is 29.2 Å². The van der Waals surface area contributed by atoms with Crippen molar-refractivity contribution in [3.8, 4) is 0 Å². The fourth-order valence-corrected chi connectivity index (χ4v) is 3.34. The fraction of sp³-hybridized carbons (Fsp3) is 0.538. The van der Waals surface area contributed by atoms with Gasteiger partial charge < -0.3 is 5.73 Å². The SMILES string of the molecule is Cc1ccc(S(=O)(=O)NCC2(CN)CCC2)cc1. The van der Waals surface area contributed by atoms with Crippen molar-refractivity contribution in [1.82, 2.24) is 4.72 Å². The number of nitrogens with one attached hydrogen (secondary N) is 1. The van der Waals surface area contributed by atoms with Gasteiger partial charge >= 0.3 is 0 Å². The van der Waals surface area contributed by atoms with E-state index in [-0.39, 0.29) is 5.41 Å². The lowest BCUT2D eigenvalue weighted by Gasteiger charge is -2.40. The predicted molar refractivity (Wildman–Crippen MR) is 71.7 cm³/mol. The van der Waals surface area contributed by atoms with Gasteiger partial charge in [0.15, 0.2) is 0 Å². The number of rotatable bonds is 5. The van der Waals surface area contributed by atoms with Crippen LogP contribution in [-0.2, 0) is 10.0 Å². The van der Waals surface area contributed by atoms with E-state index in [9.17, 15) is 8.42 Å². The third-order valence-electron chi connectivity index (χ3n) is 3.82. The van der Waals surface area contributed by atoms with Gasteiger partial charge in [-0.2, -0.15) is 0 Å². The molecule has 1 saturated carbocycles. The van der Waals surface area contributed by atoms with E-state index in [1.165, 1.54) is 0 Å². The van der Waals surface area contributed by atoms with Crippen LogP contribution < -0.4 is 10.5 Å². The molecule has 0 heterocycles. The largest absolute Gasteiger partial charge is 0.330 e. The van der Waals surface area contributed by atoms with E-state index in [0.717, 1.165) is 24.8 Å². The summed E-state index contributed by atoms with van der Waals surface area (Å²) in [6.07, 6.45) is 3.17. The van der Waals surface area contributed by atoms with Gasteiger partial charge in [0.05, 0.1) is 4.90 Å². The van der Waals surface area contributed by atoms with Crippen molar-refractivity contribution in [3.63, 3.8) is 0 Å². The summed E-state index contributed by atoms with van der Waals surface area (Å²) < 4.78 is 26.9. The fourth-order valence-electron chi connectivity index (χ4n) is 2.18. The third kappa shape index (κ3) is 2.74. The first-order valence-corrected chi connectivity index (χ1v) is 7.72. The van der Waals surface area contributed by atoms with Gasteiger partial charge in [0.1, 0.15) is 0 Å². The van der Waals surface area contributed by atoms with Crippen molar-refractivity contribution in [2.75, 3.05) is 13.1 Å². The first-order valence-electron chi connectivity index (χ1n) is 6.24. The van der Waals surface area contributed by atoms with Gasteiger partial charge in [-0.1, -0.05) is 24.1 Å². The summed E-state index contributed by atoms with van der Waals surface area (Å²) in [5, 5.41) is 0. The maximum absolute atomic E-state index is 12.1. The lowest BCUT2D eigenvalue weighted by atomic mass is 9.69. The third-order valence-corrected chi connectivity index (χ3v) is 5.23. The van der Waals surface area contributed by atoms with Crippen molar-refractivity contribution in [2.24, 2.45) is 11.1 Å². The van der Waals surface area contributed by atoms with E-state index >= 15 is 0 Å². The first-order chi connectivity index (χ1) is 8.47. The highest BCUT2D eigenvalue weighted by molar-refractivity contribution is 7.89. The summed E-state index contributed by atoms with van der Waals surface area (Å²) in [6, 6.07) is 6.87. The topological polar surface area (TPSA) is 72.2 Å². The van der Waals surface area contributed by atoms with E-state index in [2.05, 4.69) is 4.72 Å². The number of benzene rings is 1. The Morgan fingerprint density at radius 1 is 1.28 bits per heavy atom. The van der Waals surface area contributed by atoms with Crippen LogP contribution in [-0.4, -0.2) is 21.5 Å². The van der Waals surface area contributed by atoms with Gasteiger partial charge in [0.25, 0.3) is 0 Å². The Labute approximate surface area is 109 Å². The molecule has 3 N–H and O–H groups in total. The van der Waals surface area contributed by atoms with E-state index in [0.29, 0.717) is 18.0 Å². The molecule has 1 aliphatic carbocycles. The standard InChI is InChI=1S/C13H20N2O2S/c1-11-3-5-12(6-4-11)18(16,17)15-10-13(9-14)7-2-8-13/h3-6,15H,2,7-10,14H2,1H3. The van der Waals surface area contributed by atoms with E-state index in [1.54, 1.807) is 24.3 Å². The molecular weight excluding hydrogens is 248 g/mol. The van der Waals surface area contributed by atoms with Crippen LogP contribution in [0.2, 0.25) is 0 Å². The van der Waals surface area contributed by atoms with Crippen LogP contribution in [0.25, 0.3) is 0 Å². The monoisotopic (exact) mass is 268 g/mol. The molecule has 2 rings (SSSR count). The number of hydrogen-bond acceptors (Lipinski definition) is 3. The molecule has 0 amide bonds. The molecular formula is C13H20N2O2S. The predicted octanol–water partition coefficient (Wildman–Crippen LogP) is 1.40. The van der Waals surface area contributed by atoms with Gasteiger partial charge in [0, 0.05) is 6.54 Å². The van der Waals surface area contributed by atoms with E-state index in [1.807, 2.05) is 6.92 Å². The second kappa shape index (κ2) is 4.99.